The molecule has 0 atom stereocenters. The molecular formula is C38H22N4. The van der Waals surface area contributed by atoms with E-state index in [0.29, 0.717) is 11.3 Å². The van der Waals surface area contributed by atoms with Crippen molar-refractivity contribution >= 4 is 49.3 Å². The minimum absolute atomic E-state index is 0.616. The number of hydrogen-bond acceptors (Lipinski definition) is 1. The standard InChI is InChI=1S/C38H22N4/c1-40-33-15-6-8-17-36(33)42-34-16-7-5-12-29(34)30-20-19-26(23-37(30)42)28-13-9-14-31-32-22-25(24-39)18-21-35(32)41(38(28)31)27-10-3-2-4-11-27/h2-23H. The Morgan fingerprint density at radius 1 is 0.571 bits per heavy atom. The predicted octanol–water partition coefficient (Wildman–Crippen LogP) is 9.97. The predicted molar refractivity (Wildman–Crippen MR) is 172 cm³/mol. The Kier molecular flexibility index (Phi) is 5.22. The van der Waals surface area contributed by atoms with E-state index in [-0.39, 0.29) is 0 Å². The molecule has 0 saturated heterocycles. The molecule has 0 fully saturated rings. The van der Waals surface area contributed by atoms with E-state index in [9.17, 15) is 5.26 Å². The van der Waals surface area contributed by atoms with Crippen LogP contribution in [0.4, 0.5) is 5.69 Å². The summed E-state index contributed by atoms with van der Waals surface area (Å²) in [5.41, 5.74) is 9.65. The van der Waals surface area contributed by atoms with E-state index < -0.39 is 0 Å². The summed E-state index contributed by atoms with van der Waals surface area (Å²) in [6, 6.07) is 47.9. The van der Waals surface area contributed by atoms with Crippen molar-refractivity contribution < 1.29 is 0 Å². The van der Waals surface area contributed by atoms with Crippen LogP contribution in [-0.4, -0.2) is 9.13 Å². The summed E-state index contributed by atoms with van der Waals surface area (Å²) >= 11 is 0. The third-order valence-electron chi connectivity index (χ3n) is 8.16. The summed E-state index contributed by atoms with van der Waals surface area (Å²) in [5.74, 6) is 0. The molecule has 0 aliphatic heterocycles. The third kappa shape index (κ3) is 3.40. The van der Waals surface area contributed by atoms with E-state index in [1.807, 2.05) is 54.6 Å². The first kappa shape index (κ1) is 23.8. The minimum Gasteiger partial charge on any atom is -0.319 e. The van der Waals surface area contributed by atoms with Gasteiger partial charge in [0.05, 0.1) is 46.0 Å². The number of fused-ring (bicyclic) bond motifs is 6. The van der Waals surface area contributed by atoms with Crippen molar-refractivity contribution in [1.29, 1.82) is 5.26 Å². The van der Waals surface area contributed by atoms with E-state index in [1.54, 1.807) is 0 Å². The maximum atomic E-state index is 9.67. The first-order chi connectivity index (χ1) is 20.8. The van der Waals surface area contributed by atoms with Gasteiger partial charge in [0.1, 0.15) is 0 Å². The average Bonchev–Trinajstić information content (AvgIpc) is 3.57. The molecule has 0 aliphatic rings. The first-order valence-electron chi connectivity index (χ1n) is 13.8. The molecule has 4 nitrogen and oxygen atoms in total. The van der Waals surface area contributed by atoms with Crippen molar-refractivity contribution in [3.63, 3.8) is 0 Å². The van der Waals surface area contributed by atoms with Crippen LogP contribution in [0.15, 0.2) is 133 Å². The summed E-state index contributed by atoms with van der Waals surface area (Å²) < 4.78 is 4.52. The van der Waals surface area contributed by atoms with Gasteiger partial charge in [0, 0.05) is 32.8 Å². The zero-order chi connectivity index (χ0) is 28.2. The van der Waals surface area contributed by atoms with Crippen LogP contribution in [0, 0.1) is 17.9 Å². The number of nitriles is 1. The van der Waals surface area contributed by atoms with Crippen LogP contribution < -0.4 is 0 Å². The molecule has 0 saturated carbocycles. The second-order valence-electron chi connectivity index (χ2n) is 10.4. The van der Waals surface area contributed by atoms with Gasteiger partial charge in [0.15, 0.2) is 0 Å². The lowest BCUT2D eigenvalue weighted by Gasteiger charge is -2.13. The lowest BCUT2D eigenvalue weighted by molar-refractivity contribution is 1.18. The highest BCUT2D eigenvalue weighted by molar-refractivity contribution is 6.15. The van der Waals surface area contributed by atoms with Gasteiger partial charge in [-0.25, -0.2) is 4.85 Å². The van der Waals surface area contributed by atoms with Gasteiger partial charge in [-0.2, -0.15) is 5.26 Å². The molecule has 2 aromatic heterocycles. The Balaban J connectivity index is 1.49. The Morgan fingerprint density at radius 2 is 1.31 bits per heavy atom. The number of benzene rings is 6. The molecule has 0 amide bonds. The molecule has 42 heavy (non-hydrogen) atoms. The monoisotopic (exact) mass is 534 g/mol. The Hall–Kier alpha value is -6.10. The molecule has 4 heteroatoms. The molecule has 0 unspecified atom stereocenters. The average molecular weight is 535 g/mol. The SMILES string of the molecule is [C-]#[N+]c1ccccc1-n1c2ccccc2c2ccc(-c3cccc4c5cc(C#N)ccc5n(-c5ccccc5)c34)cc21. The number of aromatic nitrogens is 2. The van der Waals surface area contributed by atoms with Crippen LogP contribution in [-0.2, 0) is 0 Å². The van der Waals surface area contributed by atoms with Crippen LogP contribution in [0.5, 0.6) is 0 Å². The summed E-state index contributed by atoms with van der Waals surface area (Å²) in [6.07, 6.45) is 0. The molecule has 0 bridgehead atoms. The van der Waals surface area contributed by atoms with Gasteiger partial charge in [-0.05, 0) is 54.1 Å². The van der Waals surface area contributed by atoms with Crippen molar-refractivity contribution in [2.24, 2.45) is 0 Å². The Labute approximate surface area is 242 Å². The maximum absolute atomic E-state index is 9.67. The van der Waals surface area contributed by atoms with E-state index >= 15 is 0 Å². The summed E-state index contributed by atoms with van der Waals surface area (Å²) in [6.45, 7) is 7.85. The van der Waals surface area contributed by atoms with Crippen LogP contribution in [0.25, 0.3) is 71.0 Å². The van der Waals surface area contributed by atoms with Crippen molar-refractivity contribution in [3.05, 3.63) is 150 Å². The topological polar surface area (TPSA) is 38.0 Å². The molecule has 8 aromatic rings. The molecule has 0 N–H and O–H groups in total. The van der Waals surface area contributed by atoms with Crippen molar-refractivity contribution in [3.8, 4) is 28.6 Å². The van der Waals surface area contributed by atoms with Crippen LogP contribution in [0.1, 0.15) is 5.56 Å². The fourth-order valence-electron chi connectivity index (χ4n) is 6.36. The lowest BCUT2D eigenvalue weighted by atomic mass is 10.00. The summed E-state index contributed by atoms with van der Waals surface area (Å²) in [7, 11) is 0. The molecule has 0 spiro atoms. The fraction of sp³-hybridized carbons (Fsp3) is 0. The zero-order valence-corrected chi connectivity index (χ0v) is 22.5. The second kappa shape index (κ2) is 9.24. The van der Waals surface area contributed by atoms with Crippen molar-refractivity contribution in [2.75, 3.05) is 0 Å². The third-order valence-corrected chi connectivity index (χ3v) is 8.16. The van der Waals surface area contributed by atoms with Crippen LogP contribution >= 0.6 is 0 Å². The Bertz CT molecular complexity index is 2430. The van der Waals surface area contributed by atoms with Crippen LogP contribution in [0.2, 0.25) is 0 Å². The van der Waals surface area contributed by atoms with E-state index in [4.69, 9.17) is 6.57 Å². The number of nitrogens with zero attached hydrogens (tertiary/aromatic N) is 4. The van der Waals surface area contributed by atoms with E-state index in [0.717, 1.165) is 66.1 Å². The second-order valence-corrected chi connectivity index (χ2v) is 10.4. The van der Waals surface area contributed by atoms with Gasteiger partial charge in [0.25, 0.3) is 0 Å². The van der Waals surface area contributed by atoms with Gasteiger partial charge in [0.2, 0.25) is 5.69 Å². The summed E-state index contributed by atoms with van der Waals surface area (Å²) in [4.78, 5) is 3.85. The van der Waals surface area contributed by atoms with Crippen molar-refractivity contribution in [1.82, 2.24) is 9.13 Å². The van der Waals surface area contributed by atoms with Gasteiger partial charge in [-0.3, -0.25) is 0 Å². The van der Waals surface area contributed by atoms with E-state index in [1.165, 1.54) is 0 Å². The van der Waals surface area contributed by atoms with Gasteiger partial charge in [-0.1, -0.05) is 84.9 Å². The highest BCUT2D eigenvalue weighted by atomic mass is 15.0. The Morgan fingerprint density at radius 3 is 2.17 bits per heavy atom. The largest absolute Gasteiger partial charge is 0.319 e. The first-order valence-corrected chi connectivity index (χ1v) is 13.8. The summed E-state index contributed by atoms with van der Waals surface area (Å²) in [5, 5.41) is 14.1. The molecule has 0 aliphatic carbocycles. The highest BCUT2D eigenvalue weighted by Crippen LogP contribution is 2.41. The molecule has 194 valence electrons. The van der Waals surface area contributed by atoms with Crippen molar-refractivity contribution in [2.45, 2.75) is 0 Å². The molecule has 2 heterocycles. The van der Waals surface area contributed by atoms with E-state index in [2.05, 4.69) is 98.9 Å². The number of para-hydroxylation sites is 5. The lowest BCUT2D eigenvalue weighted by Crippen LogP contribution is -1.96. The highest BCUT2D eigenvalue weighted by Gasteiger charge is 2.19. The molecule has 6 aromatic carbocycles. The maximum Gasteiger partial charge on any atom is 0.210 e. The van der Waals surface area contributed by atoms with Gasteiger partial charge >= 0.3 is 0 Å². The quantitative estimate of drug-likeness (QED) is 0.208. The number of rotatable bonds is 3. The zero-order valence-electron chi connectivity index (χ0n) is 22.5. The molecule has 8 rings (SSSR count). The minimum atomic E-state index is 0.616. The smallest absolute Gasteiger partial charge is 0.210 e. The van der Waals surface area contributed by atoms with Gasteiger partial charge < -0.3 is 9.13 Å². The molecule has 0 radical (unpaired) electrons. The number of hydrogen-bond donors (Lipinski definition) is 0. The normalized spacial score (nSPS) is 11.3. The van der Waals surface area contributed by atoms with Gasteiger partial charge in [-0.15, -0.1) is 0 Å². The fourth-order valence-corrected chi connectivity index (χ4v) is 6.36. The molecular weight excluding hydrogens is 512 g/mol. The van der Waals surface area contributed by atoms with Crippen LogP contribution in [0.3, 0.4) is 0 Å².